The Labute approximate surface area is 185 Å². The van der Waals surface area contributed by atoms with E-state index in [4.69, 9.17) is 4.74 Å². The topological polar surface area (TPSA) is 94.4 Å². The van der Waals surface area contributed by atoms with Crippen LogP contribution in [0.3, 0.4) is 0 Å². The number of esters is 1. The largest absolute Gasteiger partial charge is 0.457 e. The Bertz CT molecular complexity index is 1190. The highest BCUT2D eigenvalue weighted by molar-refractivity contribution is 7.89. The van der Waals surface area contributed by atoms with Crippen molar-refractivity contribution in [2.75, 3.05) is 13.1 Å². The van der Waals surface area contributed by atoms with Gasteiger partial charge in [0.15, 0.2) is 0 Å². The molecule has 4 rings (SSSR count). The van der Waals surface area contributed by atoms with Gasteiger partial charge in [-0.3, -0.25) is 4.79 Å². The van der Waals surface area contributed by atoms with Gasteiger partial charge in [0.05, 0.1) is 33.1 Å². The smallest absolute Gasteiger partial charge is 0.312 e. The molecule has 1 fully saturated rings. The van der Waals surface area contributed by atoms with E-state index in [1.165, 1.54) is 11.3 Å². The van der Waals surface area contributed by atoms with Crippen LogP contribution in [0.1, 0.15) is 42.7 Å². The third-order valence-corrected chi connectivity index (χ3v) is 8.14. The molecule has 0 N–H and O–H groups in total. The minimum Gasteiger partial charge on any atom is -0.457 e. The fourth-order valence-electron chi connectivity index (χ4n) is 3.87. The number of hydrogen-bond acceptors (Lipinski definition) is 7. The van der Waals surface area contributed by atoms with E-state index >= 15 is 0 Å². The van der Waals surface area contributed by atoms with Gasteiger partial charge in [-0.15, -0.1) is 11.3 Å². The first-order chi connectivity index (χ1) is 14.9. The molecule has 1 aromatic carbocycles. The summed E-state index contributed by atoms with van der Waals surface area (Å²) in [6.07, 6.45) is 2.97. The van der Waals surface area contributed by atoms with Crippen LogP contribution in [0.25, 0.3) is 11.0 Å². The van der Waals surface area contributed by atoms with Crippen molar-refractivity contribution in [2.45, 2.75) is 57.6 Å². The zero-order valence-electron chi connectivity index (χ0n) is 17.7. The predicted molar refractivity (Wildman–Crippen MR) is 118 cm³/mol. The van der Waals surface area contributed by atoms with Crippen LogP contribution in [0.2, 0.25) is 0 Å². The molecule has 0 bridgehead atoms. The van der Waals surface area contributed by atoms with E-state index in [2.05, 4.69) is 9.97 Å². The van der Waals surface area contributed by atoms with Gasteiger partial charge in [-0.2, -0.15) is 4.31 Å². The van der Waals surface area contributed by atoms with Crippen molar-refractivity contribution in [3.63, 3.8) is 0 Å². The van der Waals surface area contributed by atoms with E-state index < -0.39 is 10.0 Å². The van der Waals surface area contributed by atoms with Gasteiger partial charge < -0.3 is 9.30 Å². The second-order valence-corrected chi connectivity index (χ2v) is 10.6. The SMILES string of the molecule is CCn1c(COC(=O)Cc2csc(C)n2)nc2cc(S(=O)(=O)N3CCCCC3)ccc21. The van der Waals surface area contributed by atoms with Crippen molar-refractivity contribution in [1.29, 1.82) is 0 Å². The Balaban J connectivity index is 1.53. The van der Waals surface area contributed by atoms with Crippen LogP contribution in [0.15, 0.2) is 28.5 Å². The molecule has 31 heavy (non-hydrogen) atoms. The summed E-state index contributed by atoms with van der Waals surface area (Å²) in [6.45, 7) is 5.64. The molecule has 1 aliphatic heterocycles. The van der Waals surface area contributed by atoms with Crippen LogP contribution in [-0.4, -0.2) is 46.3 Å². The van der Waals surface area contributed by atoms with Crippen molar-refractivity contribution in [3.05, 3.63) is 40.1 Å². The van der Waals surface area contributed by atoms with Gasteiger partial charge in [-0.25, -0.2) is 18.4 Å². The van der Waals surface area contributed by atoms with Crippen LogP contribution < -0.4 is 0 Å². The summed E-state index contributed by atoms with van der Waals surface area (Å²) in [5.74, 6) is 0.223. The van der Waals surface area contributed by atoms with Gasteiger partial charge in [-0.05, 0) is 44.9 Å². The first kappa shape index (κ1) is 21.9. The number of imidazole rings is 1. The summed E-state index contributed by atoms with van der Waals surface area (Å²) in [5.41, 5.74) is 2.10. The number of benzene rings is 1. The lowest BCUT2D eigenvalue weighted by Crippen LogP contribution is -2.35. The molecule has 0 aliphatic carbocycles. The monoisotopic (exact) mass is 462 g/mol. The van der Waals surface area contributed by atoms with Crippen molar-refractivity contribution < 1.29 is 17.9 Å². The first-order valence-corrected chi connectivity index (χ1v) is 12.8. The quantitative estimate of drug-likeness (QED) is 0.500. The summed E-state index contributed by atoms with van der Waals surface area (Å²) in [7, 11) is -3.53. The molecule has 0 radical (unpaired) electrons. The van der Waals surface area contributed by atoms with E-state index in [0.717, 1.165) is 29.8 Å². The Kier molecular flexibility index (Phi) is 6.40. The molecule has 166 valence electrons. The number of aryl methyl sites for hydroxylation is 2. The molecule has 3 heterocycles. The Hall–Kier alpha value is -2.30. The number of carbonyl (C=O) groups excluding carboxylic acids is 1. The zero-order valence-corrected chi connectivity index (χ0v) is 19.3. The lowest BCUT2D eigenvalue weighted by Gasteiger charge is -2.25. The number of nitrogens with zero attached hydrogens (tertiary/aromatic N) is 4. The molecular formula is C21H26N4O4S2. The Morgan fingerprint density at radius 1 is 1.19 bits per heavy atom. The average Bonchev–Trinajstić information content (AvgIpc) is 3.34. The van der Waals surface area contributed by atoms with Crippen molar-refractivity contribution in [3.8, 4) is 0 Å². The Morgan fingerprint density at radius 2 is 1.97 bits per heavy atom. The summed E-state index contributed by atoms with van der Waals surface area (Å²) in [6, 6.07) is 5.04. The van der Waals surface area contributed by atoms with Crippen LogP contribution in [0, 0.1) is 6.92 Å². The molecule has 0 unspecified atom stereocenters. The van der Waals surface area contributed by atoms with E-state index in [1.807, 2.05) is 23.8 Å². The van der Waals surface area contributed by atoms with Crippen LogP contribution in [0.4, 0.5) is 0 Å². The van der Waals surface area contributed by atoms with Gasteiger partial charge in [-0.1, -0.05) is 6.42 Å². The standard InChI is InChI=1S/C21H26N4O4S2/c1-3-25-19-8-7-17(31(27,28)24-9-5-4-6-10-24)12-18(19)23-20(25)13-29-21(26)11-16-14-30-15(2)22-16/h7-8,12,14H,3-6,9-11,13H2,1-2H3. The average molecular weight is 463 g/mol. The molecule has 10 heteroatoms. The van der Waals surface area contributed by atoms with Gasteiger partial charge >= 0.3 is 5.97 Å². The second kappa shape index (κ2) is 9.05. The minimum absolute atomic E-state index is 0.0265. The highest BCUT2D eigenvalue weighted by Crippen LogP contribution is 2.25. The summed E-state index contributed by atoms with van der Waals surface area (Å²) in [5, 5.41) is 2.76. The number of aromatic nitrogens is 3. The molecule has 0 spiro atoms. The number of fused-ring (bicyclic) bond motifs is 1. The van der Waals surface area contributed by atoms with E-state index in [9.17, 15) is 13.2 Å². The molecule has 0 atom stereocenters. The number of sulfonamides is 1. The summed E-state index contributed by atoms with van der Waals surface area (Å²) < 4.78 is 34.9. The fourth-order valence-corrected chi connectivity index (χ4v) is 6.02. The number of carbonyl (C=O) groups is 1. The number of thiazole rings is 1. The van der Waals surface area contributed by atoms with Crippen molar-refractivity contribution >= 4 is 38.4 Å². The van der Waals surface area contributed by atoms with E-state index in [0.29, 0.717) is 36.7 Å². The molecule has 3 aromatic rings. The molecule has 2 aromatic heterocycles. The van der Waals surface area contributed by atoms with Gasteiger partial charge in [0.25, 0.3) is 0 Å². The fraction of sp³-hybridized carbons (Fsp3) is 0.476. The van der Waals surface area contributed by atoms with E-state index in [-0.39, 0.29) is 23.9 Å². The molecule has 0 saturated carbocycles. The van der Waals surface area contributed by atoms with E-state index in [1.54, 1.807) is 22.5 Å². The minimum atomic E-state index is -3.53. The van der Waals surface area contributed by atoms with Crippen LogP contribution in [0.5, 0.6) is 0 Å². The van der Waals surface area contributed by atoms with Crippen LogP contribution >= 0.6 is 11.3 Å². The number of ether oxygens (including phenoxy) is 1. The number of rotatable bonds is 7. The number of piperidine rings is 1. The summed E-state index contributed by atoms with van der Waals surface area (Å²) in [4.78, 5) is 21.3. The molecular weight excluding hydrogens is 436 g/mol. The maximum Gasteiger partial charge on any atom is 0.312 e. The maximum atomic E-state index is 13.0. The number of hydrogen-bond donors (Lipinski definition) is 0. The normalized spacial score (nSPS) is 15.4. The van der Waals surface area contributed by atoms with Crippen LogP contribution in [-0.2, 0) is 39.1 Å². The molecule has 0 amide bonds. The Morgan fingerprint density at radius 3 is 2.65 bits per heavy atom. The molecule has 8 nitrogen and oxygen atoms in total. The third kappa shape index (κ3) is 4.65. The zero-order chi connectivity index (χ0) is 22.0. The third-order valence-electron chi connectivity index (χ3n) is 5.42. The first-order valence-electron chi connectivity index (χ1n) is 10.4. The van der Waals surface area contributed by atoms with Gasteiger partial charge in [0.2, 0.25) is 10.0 Å². The van der Waals surface area contributed by atoms with Crippen molar-refractivity contribution in [2.24, 2.45) is 0 Å². The molecule has 1 aliphatic rings. The second-order valence-electron chi connectivity index (χ2n) is 7.58. The van der Waals surface area contributed by atoms with Crippen molar-refractivity contribution in [1.82, 2.24) is 18.8 Å². The lowest BCUT2D eigenvalue weighted by molar-refractivity contribution is -0.144. The maximum absolute atomic E-state index is 13.0. The summed E-state index contributed by atoms with van der Waals surface area (Å²) >= 11 is 1.50. The predicted octanol–water partition coefficient (Wildman–Crippen LogP) is 3.28. The lowest BCUT2D eigenvalue weighted by atomic mass is 10.2. The van der Waals surface area contributed by atoms with Gasteiger partial charge in [0.1, 0.15) is 12.4 Å². The van der Waals surface area contributed by atoms with Gasteiger partial charge in [0, 0.05) is 25.0 Å². The highest BCUT2D eigenvalue weighted by Gasteiger charge is 2.26. The molecule has 1 saturated heterocycles. The highest BCUT2D eigenvalue weighted by atomic mass is 32.2.